The molecule has 0 bridgehead atoms. The van der Waals surface area contributed by atoms with E-state index >= 15 is 0 Å². The van der Waals surface area contributed by atoms with Gasteiger partial charge in [-0.1, -0.05) is 19.9 Å². The van der Waals surface area contributed by atoms with Crippen LogP contribution in [0.5, 0.6) is 0 Å². The molecule has 0 unspecified atom stereocenters. The number of carbonyl (C=O) groups is 2. The molecule has 0 aromatic carbocycles. The van der Waals surface area contributed by atoms with Crippen molar-refractivity contribution in [2.45, 2.75) is 52.4 Å². The predicted octanol–water partition coefficient (Wildman–Crippen LogP) is 2.74. The molecule has 1 aliphatic rings. The lowest BCUT2D eigenvalue weighted by molar-refractivity contribution is -0.138. The first-order valence-electron chi connectivity index (χ1n) is 8.31. The van der Waals surface area contributed by atoms with Crippen molar-refractivity contribution in [2.24, 2.45) is 11.8 Å². The third kappa shape index (κ3) is 5.52. The summed E-state index contributed by atoms with van der Waals surface area (Å²) in [5, 5.41) is 2.86. The van der Waals surface area contributed by atoms with Crippen LogP contribution >= 0.6 is 0 Å². The summed E-state index contributed by atoms with van der Waals surface area (Å²) in [7, 11) is 0. The summed E-state index contributed by atoms with van der Waals surface area (Å²) >= 11 is 0. The molecule has 1 aliphatic carbocycles. The SMILES string of the molecule is C=CCNC(=O)C1CCC(C(=O)N(CCC)CCC)CC1. The van der Waals surface area contributed by atoms with Crippen molar-refractivity contribution in [3.05, 3.63) is 12.7 Å². The van der Waals surface area contributed by atoms with E-state index < -0.39 is 0 Å². The van der Waals surface area contributed by atoms with Crippen LogP contribution in [0, 0.1) is 11.8 Å². The largest absolute Gasteiger partial charge is 0.352 e. The summed E-state index contributed by atoms with van der Waals surface area (Å²) < 4.78 is 0. The predicted molar refractivity (Wildman–Crippen MR) is 85.8 cm³/mol. The molecular weight excluding hydrogens is 264 g/mol. The van der Waals surface area contributed by atoms with Crippen LogP contribution in [0.1, 0.15) is 52.4 Å². The maximum absolute atomic E-state index is 12.5. The number of rotatable bonds is 8. The van der Waals surface area contributed by atoms with Crippen LogP contribution in [-0.4, -0.2) is 36.3 Å². The topological polar surface area (TPSA) is 49.4 Å². The van der Waals surface area contributed by atoms with E-state index in [-0.39, 0.29) is 17.7 Å². The van der Waals surface area contributed by atoms with Gasteiger partial charge in [0.2, 0.25) is 11.8 Å². The van der Waals surface area contributed by atoms with Gasteiger partial charge in [0.1, 0.15) is 0 Å². The molecule has 1 fully saturated rings. The van der Waals surface area contributed by atoms with Crippen LogP contribution in [0.2, 0.25) is 0 Å². The molecule has 0 heterocycles. The van der Waals surface area contributed by atoms with Gasteiger partial charge in [-0.25, -0.2) is 0 Å². The number of hydrogen-bond acceptors (Lipinski definition) is 2. The van der Waals surface area contributed by atoms with E-state index in [1.165, 1.54) is 0 Å². The Morgan fingerprint density at radius 1 is 1.10 bits per heavy atom. The minimum Gasteiger partial charge on any atom is -0.352 e. The molecule has 1 saturated carbocycles. The highest BCUT2D eigenvalue weighted by atomic mass is 16.2. The van der Waals surface area contributed by atoms with Crippen LogP contribution in [0.4, 0.5) is 0 Å². The maximum atomic E-state index is 12.5. The van der Waals surface area contributed by atoms with E-state index in [0.717, 1.165) is 51.6 Å². The zero-order chi connectivity index (χ0) is 15.7. The van der Waals surface area contributed by atoms with E-state index in [1.807, 2.05) is 4.90 Å². The van der Waals surface area contributed by atoms with Gasteiger partial charge in [-0.3, -0.25) is 9.59 Å². The average molecular weight is 294 g/mol. The third-order valence-corrected chi connectivity index (χ3v) is 4.17. The van der Waals surface area contributed by atoms with Gasteiger partial charge in [0, 0.05) is 31.5 Å². The second-order valence-corrected chi connectivity index (χ2v) is 5.91. The molecule has 0 saturated heterocycles. The number of nitrogens with zero attached hydrogens (tertiary/aromatic N) is 1. The number of amides is 2. The lowest BCUT2D eigenvalue weighted by Gasteiger charge is -2.31. The van der Waals surface area contributed by atoms with Crippen molar-refractivity contribution in [3.8, 4) is 0 Å². The van der Waals surface area contributed by atoms with Gasteiger partial charge in [-0.15, -0.1) is 6.58 Å². The molecule has 0 radical (unpaired) electrons. The van der Waals surface area contributed by atoms with Crippen molar-refractivity contribution in [1.82, 2.24) is 10.2 Å². The van der Waals surface area contributed by atoms with Crippen LogP contribution in [0.15, 0.2) is 12.7 Å². The minimum absolute atomic E-state index is 0.0693. The Labute approximate surface area is 129 Å². The van der Waals surface area contributed by atoms with E-state index in [0.29, 0.717) is 12.5 Å². The Bertz CT molecular complexity index is 341. The molecule has 0 aromatic heterocycles. The fourth-order valence-corrected chi connectivity index (χ4v) is 3.05. The molecule has 0 spiro atoms. The highest BCUT2D eigenvalue weighted by Crippen LogP contribution is 2.30. The van der Waals surface area contributed by atoms with Crippen LogP contribution in [0.25, 0.3) is 0 Å². The van der Waals surface area contributed by atoms with Crippen molar-refractivity contribution >= 4 is 11.8 Å². The third-order valence-electron chi connectivity index (χ3n) is 4.17. The molecule has 0 aliphatic heterocycles. The van der Waals surface area contributed by atoms with Crippen LogP contribution in [0.3, 0.4) is 0 Å². The molecular formula is C17H30N2O2. The zero-order valence-electron chi connectivity index (χ0n) is 13.6. The average Bonchev–Trinajstić information content (AvgIpc) is 2.52. The standard InChI is InChI=1S/C17H30N2O2/c1-4-11-18-16(20)14-7-9-15(10-8-14)17(21)19(12-5-2)13-6-3/h4,14-15H,1,5-13H2,2-3H3,(H,18,20). The molecule has 0 atom stereocenters. The van der Waals surface area contributed by atoms with Gasteiger partial charge in [-0.05, 0) is 38.5 Å². The molecule has 4 heteroatoms. The monoisotopic (exact) mass is 294 g/mol. The van der Waals surface area contributed by atoms with E-state index in [9.17, 15) is 9.59 Å². The van der Waals surface area contributed by atoms with Crippen molar-refractivity contribution in [2.75, 3.05) is 19.6 Å². The van der Waals surface area contributed by atoms with Gasteiger partial charge in [0.25, 0.3) is 0 Å². The Morgan fingerprint density at radius 2 is 1.62 bits per heavy atom. The van der Waals surface area contributed by atoms with Crippen molar-refractivity contribution in [1.29, 1.82) is 0 Å². The second kappa shape index (κ2) is 9.59. The molecule has 0 aromatic rings. The van der Waals surface area contributed by atoms with Crippen molar-refractivity contribution in [3.63, 3.8) is 0 Å². The number of nitrogens with one attached hydrogen (secondary N) is 1. The van der Waals surface area contributed by atoms with Crippen molar-refractivity contribution < 1.29 is 9.59 Å². The summed E-state index contributed by atoms with van der Waals surface area (Å²) in [5.41, 5.74) is 0. The van der Waals surface area contributed by atoms with Gasteiger partial charge < -0.3 is 10.2 Å². The Balaban J connectivity index is 2.45. The summed E-state index contributed by atoms with van der Waals surface area (Å²) in [6.07, 6.45) is 7.04. The van der Waals surface area contributed by atoms with Gasteiger partial charge in [0.05, 0.1) is 0 Å². The Kier molecular flexibility index (Phi) is 8.09. The summed E-state index contributed by atoms with van der Waals surface area (Å²) in [6, 6.07) is 0. The lowest BCUT2D eigenvalue weighted by atomic mass is 9.81. The first-order chi connectivity index (χ1) is 10.1. The summed E-state index contributed by atoms with van der Waals surface area (Å²) in [4.78, 5) is 26.5. The first-order valence-corrected chi connectivity index (χ1v) is 8.31. The van der Waals surface area contributed by atoms with E-state index in [1.54, 1.807) is 6.08 Å². The fourth-order valence-electron chi connectivity index (χ4n) is 3.05. The fraction of sp³-hybridized carbons (Fsp3) is 0.765. The molecule has 2 amide bonds. The van der Waals surface area contributed by atoms with Gasteiger partial charge in [0.15, 0.2) is 0 Å². The zero-order valence-corrected chi connectivity index (χ0v) is 13.6. The quantitative estimate of drug-likeness (QED) is 0.700. The molecule has 120 valence electrons. The lowest BCUT2D eigenvalue weighted by Crippen LogP contribution is -2.40. The first kappa shape index (κ1) is 17.7. The Hall–Kier alpha value is -1.32. The maximum Gasteiger partial charge on any atom is 0.225 e. The normalized spacial score (nSPS) is 21.6. The smallest absolute Gasteiger partial charge is 0.225 e. The van der Waals surface area contributed by atoms with Gasteiger partial charge in [-0.2, -0.15) is 0 Å². The minimum atomic E-state index is 0.0693. The molecule has 21 heavy (non-hydrogen) atoms. The van der Waals surface area contributed by atoms with E-state index in [4.69, 9.17) is 0 Å². The second-order valence-electron chi connectivity index (χ2n) is 5.91. The Morgan fingerprint density at radius 3 is 2.10 bits per heavy atom. The van der Waals surface area contributed by atoms with E-state index in [2.05, 4.69) is 25.7 Å². The molecule has 4 nitrogen and oxygen atoms in total. The van der Waals surface area contributed by atoms with Crippen LogP contribution < -0.4 is 5.32 Å². The van der Waals surface area contributed by atoms with Gasteiger partial charge >= 0.3 is 0 Å². The summed E-state index contributed by atoms with van der Waals surface area (Å²) in [5.74, 6) is 0.592. The van der Waals surface area contributed by atoms with Crippen LogP contribution in [-0.2, 0) is 9.59 Å². The summed E-state index contributed by atoms with van der Waals surface area (Å²) in [6.45, 7) is 10.1. The number of hydrogen-bond donors (Lipinski definition) is 1. The molecule has 1 N–H and O–H groups in total. The highest BCUT2D eigenvalue weighted by Gasteiger charge is 2.31. The molecule has 1 rings (SSSR count). The number of carbonyl (C=O) groups excluding carboxylic acids is 2. The highest BCUT2D eigenvalue weighted by molar-refractivity contribution is 5.81.